The average Bonchev–Trinajstić information content (AvgIpc) is 2.48. The van der Waals surface area contributed by atoms with E-state index >= 15 is 0 Å². The van der Waals surface area contributed by atoms with Crippen LogP contribution in [0.3, 0.4) is 0 Å². The van der Waals surface area contributed by atoms with Crippen molar-refractivity contribution in [2.75, 3.05) is 37.7 Å². The maximum atomic E-state index is 6.15. The SMILES string of the molecule is CC(C)c1cccc(N2CCOC3(CCNCC3)C2)c1. The molecular formula is C17H26N2O. The van der Waals surface area contributed by atoms with Gasteiger partial charge in [0.05, 0.1) is 12.2 Å². The highest BCUT2D eigenvalue weighted by molar-refractivity contribution is 5.50. The normalized spacial score (nSPS) is 22.4. The van der Waals surface area contributed by atoms with Crippen molar-refractivity contribution in [1.29, 1.82) is 0 Å². The Kier molecular flexibility index (Phi) is 3.99. The zero-order valence-corrected chi connectivity index (χ0v) is 12.7. The second-order valence-corrected chi connectivity index (χ2v) is 6.45. The van der Waals surface area contributed by atoms with Crippen LogP contribution in [0, 0.1) is 0 Å². The summed E-state index contributed by atoms with van der Waals surface area (Å²) in [6.45, 7) is 9.58. The van der Waals surface area contributed by atoms with E-state index in [1.54, 1.807) is 0 Å². The van der Waals surface area contributed by atoms with Crippen molar-refractivity contribution < 1.29 is 4.74 Å². The van der Waals surface area contributed by atoms with Gasteiger partial charge in [0.2, 0.25) is 0 Å². The summed E-state index contributed by atoms with van der Waals surface area (Å²) >= 11 is 0. The van der Waals surface area contributed by atoms with E-state index in [9.17, 15) is 0 Å². The Morgan fingerprint density at radius 2 is 2.05 bits per heavy atom. The Morgan fingerprint density at radius 3 is 2.80 bits per heavy atom. The van der Waals surface area contributed by atoms with E-state index in [1.165, 1.54) is 11.3 Å². The molecule has 0 aromatic heterocycles. The Balaban J connectivity index is 1.78. The zero-order valence-electron chi connectivity index (χ0n) is 12.7. The van der Waals surface area contributed by atoms with Gasteiger partial charge in [-0.2, -0.15) is 0 Å². The van der Waals surface area contributed by atoms with Crippen molar-refractivity contribution in [2.45, 2.75) is 38.2 Å². The highest BCUT2D eigenvalue weighted by atomic mass is 16.5. The first-order chi connectivity index (χ1) is 9.69. The molecule has 0 aliphatic carbocycles. The predicted octanol–water partition coefficient (Wildman–Crippen LogP) is 2.77. The van der Waals surface area contributed by atoms with Crippen LogP contribution in [0.5, 0.6) is 0 Å². The fourth-order valence-corrected chi connectivity index (χ4v) is 3.33. The van der Waals surface area contributed by atoms with Crippen LogP contribution >= 0.6 is 0 Å². The van der Waals surface area contributed by atoms with E-state index < -0.39 is 0 Å². The molecule has 0 amide bonds. The second kappa shape index (κ2) is 5.74. The van der Waals surface area contributed by atoms with Crippen molar-refractivity contribution in [3.8, 4) is 0 Å². The standard InChI is InChI=1S/C17H26N2O/c1-14(2)15-4-3-5-16(12-15)19-10-11-20-17(13-19)6-8-18-9-7-17/h3-5,12,14,18H,6-11,13H2,1-2H3. The van der Waals surface area contributed by atoms with Gasteiger partial charge in [-0.3, -0.25) is 0 Å². The van der Waals surface area contributed by atoms with Gasteiger partial charge in [-0.25, -0.2) is 0 Å². The van der Waals surface area contributed by atoms with Crippen molar-refractivity contribution >= 4 is 5.69 Å². The van der Waals surface area contributed by atoms with E-state index in [-0.39, 0.29) is 5.60 Å². The molecule has 0 atom stereocenters. The minimum absolute atomic E-state index is 0.0807. The van der Waals surface area contributed by atoms with Gasteiger partial charge >= 0.3 is 0 Å². The molecular weight excluding hydrogens is 248 g/mol. The van der Waals surface area contributed by atoms with Crippen LogP contribution in [0.25, 0.3) is 0 Å². The van der Waals surface area contributed by atoms with Gasteiger partial charge in [-0.1, -0.05) is 26.0 Å². The van der Waals surface area contributed by atoms with Gasteiger partial charge in [0.25, 0.3) is 0 Å². The molecule has 3 rings (SSSR count). The van der Waals surface area contributed by atoms with E-state index in [1.807, 2.05) is 0 Å². The van der Waals surface area contributed by atoms with Crippen molar-refractivity contribution in [3.63, 3.8) is 0 Å². The van der Waals surface area contributed by atoms with Crippen LogP contribution in [0.1, 0.15) is 38.2 Å². The topological polar surface area (TPSA) is 24.5 Å². The number of hydrogen-bond donors (Lipinski definition) is 1. The highest BCUT2D eigenvalue weighted by Gasteiger charge is 2.37. The quantitative estimate of drug-likeness (QED) is 0.897. The molecule has 0 bridgehead atoms. The summed E-state index contributed by atoms with van der Waals surface area (Å²) in [4.78, 5) is 2.51. The molecule has 2 fully saturated rings. The third-order valence-corrected chi connectivity index (χ3v) is 4.67. The van der Waals surface area contributed by atoms with Gasteiger partial charge in [0, 0.05) is 18.8 Å². The first-order valence-electron chi connectivity index (χ1n) is 7.88. The fourth-order valence-electron chi connectivity index (χ4n) is 3.33. The fraction of sp³-hybridized carbons (Fsp3) is 0.647. The number of ether oxygens (including phenoxy) is 1. The molecule has 0 saturated carbocycles. The number of nitrogens with zero attached hydrogens (tertiary/aromatic N) is 1. The Morgan fingerprint density at radius 1 is 1.25 bits per heavy atom. The lowest BCUT2D eigenvalue weighted by atomic mass is 9.90. The average molecular weight is 274 g/mol. The number of morpholine rings is 1. The molecule has 0 radical (unpaired) electrons. The summed E-state index contributed by atoms with van der Waals surface area (Å²) in [5.41, 5.74) is 2.86. The van der Waals surface area contributed by atoms with Crippen molar-refractivity contribution in [3.05, 3.63) is 29.8 Å². The molecule has 1 N–H and O–H groups in total. The number of anilines is 1. The Labute approximate surface area is 122 Å². The summed E-state index contributed by atoms with van der Waals surface area (Å²) in [6.07, 6.45) is 2.26. The first kappa shape index (κ1) is 13.9. The minimum Gasteiger partial charge on any atom is -0.371 e. The number of benzene rings is 1. The molecule has 2 aliphatic heterocycles. The van der Waals surface area contributed by atoms with Gasteiger partial charge in [-0.05, 0) is 49.5 Å². The lowest BCUT2D eigenvalue weighted by Gasteiger charge is -2.46. The van der Waals surface area contributed by atoms with Crippen LogP contribution < -0.4 is 10.2 Å². The van der Waals surface area contributed by atoms with E-state index in [0.29, 0.717) is 5.92 Å². The van der Waals surface area contributed by atoms with Crippen LogP contribution in [0.2, 0.25) is 0 Å². The minimum atomic E-state index is 0.0807. The largest absolute Gasteiger partial charge is 0.371 e. The van der Waals surface area contributed by atoms with Gasteiger partial charge < -0.3 is 15.0 Å². The summed E-state index contributed by atoms with van der Waals surface area (Å²) < 4.78 is 6.15. The van der Waals surface area contributed by atoms with Crippen LogP contribution in [-0.2, 0) is 4.74 Å². The van der Waals surface area contributed by atoms with Crippen molar-refractivity contribution in [2.24, 2.45) is 0 Å². The smallest absolute Gasteiger partial charge is 0.0881 e. The van der Waals surface area contributed by atoms with Gasteiger partial charge in [0.15, 0.2) is 0 Å². The summed E-state index contributed by atoms with van der Waals surface area (Å²) in [5, 5.41) is 3.44. The molecule has 2 aliphatic rings. The van der Waals surface area contributed by atoms with E-state index in [0.717, 1.165) is 45.6 Å². The van der Waals surface area contributed by atoms with Crippen molar-refractivity contribution in [1.82, 2.24) is 5.32 Å². The number of rotatable bonds is 2. The molecule has 110 valence electrons. The van der Waals surface area contributed by atoms with E-state index in [4.69, 9.17) is 4.74 Å². The Bertz CT molecular complexity index is 447. The lowest BCUT2D eigenvalue weighted by molar-refractivity contribution is -0.0738. The molecule has 3 nitrogen and oxygen atoms in total. The first-order valence-corrected chi connectivity index (χ1v) is 7.88. The number of hydrogen-bond acceptors (Lipinski definition) is 3. The van der Waals surface area contributed by atoms with Gasteiger partial charge in [-0.15, -0.1) is 0 Å². The van der Waals surface area contributed by atoms with Crippen LogP contribution in [-0.4, -0.2) is 38.4 Å². The molecule has 1 aromatic rings. The monoisotopic (exact) mass is 274 g/mol. The number of piperidine rings is 1. The molecule has 0 unspecified atom stereocenters. The third-order valence-electron chi connectivity index (χ3n) is 4.67. The number of nitrogens with one attached hydrogen (secondary N) is 1. The van der Waals surface area contributed by atoms with E-state index in [2.05, 4.69) is 48.3 Å². The summed E-state index contributed by atoms with van der Waals surface area (Å²) in [7, 11) is 0. The van der Waals surface area contributed by atoms with Gasteiger partial charge in [0.1, 0.15) is 0 Å². The highest BCUT2D eigenvalue weighted by Crippen LogP contribution is 2.31. The maximum Gasteiger partial charge on any atom is 0.0881 e. The molecule has 3 heteroatoms. The zero-order chi connectivity index (χ0) is 14.0. The molecule has 2 heterocycles. The molecule has 2 saturated heterocycles. The second-order valence-electron chi connectivity index (χ2n) is 6.45. The summed E-state index contributed by atoms with van der Waals surface area (Å²) in [5.74, 6) is 0.587. The van der Waals surface area contributed by atoms with Crippen LogP contribution in [0.15, 0.2) is 24.3 Å². The Hall–Kier alpha value is -1.06. The molecule has 1 spiro atoms. The molecule has 1 aromatic carbocycles. The maximum absolute atomic E-state index is 6.15. The lowest BCUT2D eigenvalue weighted by Crippen LogP contribution is -2.56. The third kappa shape index (κ3) is 2.84. The van der Waals surface area contributed by atoms with Crippen LogP contribution in [0.4, 0.5) is 5.69 Å². The molecule has 20 heavy (non-hydrogen) atoms. The predicted molar refractivity (Wildman–Crippen MR) is 83.5 cm³/mol. The summed E-state index contributed by atoms with van der Waals surface area (Å²) in [6, 6.07) is 9.01.